The van der Waals surface area contributed by atoms with E-state index in [4.69, 9.17) is 5.73 Å². The van der Waals surface area contributed by atoms with Gasteiger partial charge in [-0.05, 0) is 19.2 Å². The summed E-state index contributed by atoms with van der Waals surface area (Å²) in [6, 6.07) is 5.49. The molecule has 17 heavy (non-hydrogen) atoms. The number of likely N-dealkylation sites (N-methyl/N-ethyl adjacent to an activating group) is 1. The van der Waals surface area contributed by atoms with Crippen LogP contribution in [-0.2, 0) is 0 Å². The Kier molecular flexibility index (Phi) is 3.19. The molecule has 1 saturated heterocycles. The van der Waals surface area contributed by atoms with Gasteiger partial charge in [0.15, 0.2) is 0 Å². The van der Waals surface area contributed by atoms with Gasteiger partial charge in [-0.1, -0.05) is 0 Å². The number of nitrogens with zero attached hydrogens (tertiary/aromatic N) is 3. The quantitative estimate of drug-likeness (QED) is 0.271. The molecule has 92 valence electrons. The van der Waals surface area contributed by atoms with E-state index in [-0.39, 0.29) is 0 Å². The molecule has 0 bridgehead atoms. The van der Waals surface area contributed by atoms with Crippen molar-refractivity contribution in [3.8, 4) is 0 Å². The number of hydrogen-bond acceptors (Lipinski definition) is 4. The molecule has 1 aromatic rings. The third-order valence-electron chi connectivity index (χ3n) is 3.15. The molecule has 0 aromatic heterocycles. The van der Waals surface area contributed by atoms with Crippen LogP contribution in [-0.4, -0.2) is 49.6 Å². The monoisotopic (exact) mass is 234 g/mol. The van der Waals surface area contributed by atoms with Crippen LogP contribution in [0.5, 0.6) is 0 Å². The molecule has 1 heterocycles. The van der Waals surface area contributed by atoms with E-state index < -0.39 is 0 Å². The van der Waals surface area contributed by atoms with E-state index in [2.05, 4.69) is 23.6 Å². The second-order valence-electron chi connectivity index (χ2n) is 4.41. The molecule has 0 saturated carbocycles. The zero-order valence-electron chi connectivity index (χ0n) is 10.1. The first-order valence-electron chi connectivity index (χ1n) is 5.68. The molecular weight excluding hydrogens is 216 g/mol. The van der Waals surface area contributed by atoms with Gasteiger partial charge in [0.25, 0.3) is 0 Å². The Hall–Kier alpha value is -1.75. The van der Waals surface area contributed by atoms with E-state index in [0.29, 0.717) is 16.1 Å². The van der Waals surface area contributed by atoms with Gasteiger partial charge in [0, 0.05) is 37.9 Å². The van der Waals surface area contributed by atoms with Crippen molar-refractivity contribution in [2.24, 2.45) is 0 Å². The van der Waals surface area contributed by atoms with Crippen molar-refractivity contribution in [3.05, 3.63) is 23.4 Å². The average Bonchev–Trinajstić information content (AvgIpc) is 2.29. The summed E-state index contributed by atoms with van der Waals surface area (Å²) in [4.78, 5) is 4.57. The molecule has 1 aliphatic heterocycles. The summed E-state index contributed by atoms with van der Waals surface area (Å²) in [6.45, 7) is 7.37. The summed E-state index contributed by atoms with van der Waals surface area (Å²) < 4.78 is 0.545. The van der Waals surface area contributed by atoms with Crippen molar-refractivity contribution in [1.29, 1.82) is 0 Å². The Morgan fingerprint density at radius 3 is 2.47 bits per heavy atom. The van der Waals surface area contributed by atoms with E-state index in [1.807, 2.05) is 12.1 Å². The minimum atomic E-state index is 0.419. The molecule has 2 N–H and O–H groups in total. The Balaban J connectivity index is 2.17. The van der Waals surface area contributed by atoms with E-state index >= 15 is 0 Å². The first-order valence-corrected chi connectivity index (χ1v) is 5.68. The molecule has 0 atom stereocenters. The number of nitrogens with two attached hydrogens (primary N) is 1. The molecule has 1 fully saturated rings. The Bertz CT molecular complexity index is 425. The normalized spacial score (nSPS) is 17.1. The zero-order chi connectivity index (χ0) is 12.4. The lowest BCUT2D eigenvalue weighted by atomic mass is 10.2. The highest BCUT2D eigenvalue weighted by Gasteiger charge is 2.16. The number of nitrogen functional groups attached to an aromatic ring is 1. The second-order valence-corrected chi connectivity index (χ2v) is 4.41. The van der Waals surface area contributed by atoms with Crippen molar-refractivity contribution < 1.29 is 4.74 Å². The van der Waals surface area contributed by atoms with Gasteiger partial charge >= 0.3 is 0 Å². The highest BCUT2D eigenvalue weighted by Crippen LogP contribution is 2.27. The van der Waals surface area contributed by atoms with Gasteiger partial charge in [-0.2, -0.15) is 4.74 Å². The zero-order valence-corrected chi connectivity index (χ0v) is 10.1. The van der Waals surface area contributed by atoms with Crippen molar-refractivity contribution >= 4 is 23.8 Å². The van der Waals surface area contributed by atoms with Gasteiger partial charge in [-0.25, -0.2) is 0 Å². The van der Waals surface area contributed by atoms with Crippen LogP contribution in [0, 0.1) is 5.21 Å². The predicted molar refractivity (Wildman–Crippen MR) is 71.0 cm³/mol. The Morgan fingerprint density at radius 2 is 1.94 bits per heavy atom. The maximum absolute atomic E-state index is 11.1. The van der Waals surface area contributed by atoms with Crippen LogP contribution >= 0.6 is 0 Å². The Morgan fingerprint density at radius 1 is 1.29 bits per heavy atom. The largest absolute Gasteiger partial charge is 0.619 e. The topological polar surface area (TPSA) is 58.6 Å². The minimum absolute atomic E-state index is 0.419. The SMILES string of the molecule is C=[N+]([O-])c1ccc(N2CCN(C)CC2)cc1N. The van der Waals surface area contributed by atoms with Gasteiger partial charge in [0.2, 0.25) is 5.69 Å². The number of benzene rings is 1. The molecule has 0 aliphatic carbocycles. The lowest BCUT2D eigenvalue weighted by Crippen LogP contribution is -2.44. The summed E-state index contributed by atoms with van der Waals surface area (Å²) in [5.41, 5.74) is 7.81. The molecule has 0 radical (unpaired) electrons. The maximum Gasteiger partial charge on any atom is 0.239 e. The van der Waals surface area contributed by atoms with Crippen molar-refractivity contribution in [2.75, 3.05) is 43.9 Å². The molecule has 5 heteroatoms. The number of piperazine rings is 1. The molecule has 1 aromatic carbocycles. The molecule has 1 aliphatic rings. The highest BCUT2D eigenvalue weighted by molar-refractivity contribution is 5.67. The molecular formula is C12H18N4O. The fourth-order valence-corrected chi connectivity index (χ4v) is 2.03. The lowest BCUT2D eigenvalue weighted by molar-refractivity contribution is -0.348. The van der Waals surface area contributed by atoms with E-state index in [1.54, 1.807) is 6.07 Å². The predicted octanol–water partition coefficient (Wildman–Crippen LogP) is 0.863. The van der Waals surface area contributed by atoms with Crippen LogP contribution in [0.4, 0.5) is 17.1 Å². The molecule has 0 amide bonds. The number of hydrogen-bond donors (Lipinski definition) is 1. The summed E-state index contributed by atoms with van der Waals surface area (Å²) in [5.74, 6) is 0. The van der Waals surface area contributed by atoms with Crippen LogP contribution < -0.4 is 10.6 Å². The van der Waals surface area contributed by atoms with Crippen LogP contribution in [0.1, 0.15) is 0 Å². The summed E-state index contributed by atoms with van der Waals surface area (Å²) >= 11 is 0. The number of anilines is 2. The van der Waals surface area contributed by atoms with Crippen molar-refractivity contribution in [3.63, 3.8) is 0 Å². The molecule has 2 rings (SSSR count). The van der Waals surface area contributed by atoms with Gasteiger partial charge in [0.1, 0.15) is 12.4 Å². The molecule has 0 unspecified atom stereocenters. The summed E-state index contributed by atoms with van der Waals surface area (Å²) in [6.07, 6.45) is 0. The average molecular weight is 234 g/mol. The molecule has 0 spiro atoms. The fourth-order valence-electron chi connectivity index (χ4n) is 2.03. The van der Waals surface area contributed by atoms with Crippen molar-refractivity contribution in [2.45, 2.75) is 0 Å². The van der Waals surface area contributed by atoms with Crippen LogP contribution in [0.2, 0.25) is 0 Å². The summed E-state index contributed by atoms with van der Waals surface area (Å²) in [5, 5.41) is 11.1. The number of rotatable bonds is 2. The van der Waals surface area contributed by atoms with Crippen LogP contribution in [0.15, 0.2) is 18.2 Å². The lowest BCUT2D eigenvalue weighted by Gasteiger charge is -2.34. The first-order chi connectivity index (χ1) is 8.08. The maximum atomic E-state index is 11.1. The first kappa shape index (κ1) is 11.7. The van der Waals surface area contributed by atoms with Gasteiger partial charge in [0.05, 0.1) is 0 Å². The van der Waals surface area contributed by atoms with Crippen LogP contribution in [0.25, 0.3) is 0 Å². The van der Waals surface area contributed by atoms with E-state index in [0.717, 1.165) is 31.9 Å². The summed E-state index contributed by atoms with van der Waals surface area (Å²) in [7, 11) is 2.12. The minimum Gasteiger partial charge on any atom is -0.619 e. The highest BCUT2D eigenvalue weighted by atomic mass is 16.5. The third-order valence-corrected chi connectivity index (χ3v) is 3.15. The smallest absolute Gasteiger partial charge is 0.239 e. The third kappa shape index (κ3) is 2.50. The van der Waals surface area contributed by atoms with E-state index in [9.17, 15) is 5.21 Å². The Labute approximate surface area is 101 Å². The van der Waals surface area contributed by atoms with Crippen LogP contribution in [0.3, 0.4) is 0 Å². The van der Waals surface area contributed by atoms with Crippen molar-refractivity contribution in [1.82, 2.24) is 4.90 Å². The van der Waals surface area contributed by atoms with E-state index in [1.165, 1.54) is 0 Å². The fraction of sp³-hybridized carbons (Fsp3) is 0.417. The van der Waals surface area contributed by atoms with Gasteiger partial charge < -0.3 is 20.7 Å². The standard InChI is InChI=1S/C12H18N4O/c1-14-5-7-16(8-6-14)10-3-4-12(15(2)17)11(13)9-10/h3-4,9H,2,5-8,13H2,1H3. The molecule has 5 nitrogen and oxygen atoms in total. The van der Waals surface area contributed by atoms with Gasteiger partial charge in [-0.3, -0.25) is 0 Å². The van der Waals surface area contributed by atoms with Gasteiger partial charge in [-0.15, -0.1) is 0 Å². The second kappa shape index (κ2) is 4.63.